The lowest BCUT2D eigenvalue weighted by Crippen LogP contribution is -2.55. The minimum Gasteiger partial charge on any atom is -0.496 e. The van der Waals surface area contributed by atoms with E-state index < -0.39 is 0 Å². The number of hydrogen-bond donors (Lipinski definition) is 0. The van der Waals surface area contributed by atoms with Crippen molar-refractivity contribution in [1.82, 2.24) is 4.90 Å². The van der Waals surface area contributed by atoms with Crippen molar-refractivity contribution in [1.29, 1.82) is 0 Å². The summed E-state index contributed by atoms with van der Waals surface area (Å²) in [4.78, 5) is 5.16. The number of para-hydroxylation sites is 3. The van der Waals surface area contributed by atoms with Gasteiger partial charge in [0, 0.05) is 18.1 Å². The van der Waals surface area contributed by atoms with Crippen molar-refractivity contribution in [3.05, 3.63) is 54.1 Å². The van der Waals surface area contributed by atoms with Crippen LogP contribution in [-0.4, -0.2) is 37.2 Å². The van der Waals surface area contributed by atoms with Crippen LogP contribution in [0.5, 0.6) is 11.5 Å². The molecule has 2 saturated heterocycles. The normalized spacial score (nSPS) is 29.9. The zero-order chi connectivity index (χ0) is 18.4. The summed E-state index contributed by atoms with van der Waals surface area (Å²) in [6.07, 6.45) is 6.30. The van der Waals surface area contributed by atoms with E-state index in [2.05, 4.69) is 53.2 Å². The fourth-order valence-corrected chi connectivity index (χ4v) is 5.36. The molecule has 2 bridgehead atoms. The molecule has 0 N–H and O–H groups in total. The summed E-state index contributed by atoms with van der Waals surface area (Å²) in [6, 6.07) is 18.6. The Balaban J connectivity index is 1.54. The van der Waals surface area contributed by atoms with E-state index in [1.807, 2.05) is 12.1 Å². The van der Waals surface area contributed by atoms with E-state index in [4.69, 9.17) is 9.47 Å². The molecule has 0 aliphatic carbocycles. The largest absolute Gasteiger partial charge is 0.496 e. The summed E-state index contributed by atoms with van der Waals surface area (Å²) in [7, 11) is 4.06. The average Bonchev–Trinajstić information content (AvgIpc) is 3.07. The van der Waals surface area contributed by atoms with Crippen LogP contribution < -0.4 is 14.4 Å². The molecule has 3 heterocycles. The Kier molecular flexibility index (Phi) is 4.24. The van der Waals surface area contributed by atoms with Crippen LogP contribution in [0.25, 0.3) is 0 Å². The topological polar surface area (TPSA) is 24.9 Å². The molecule has 5 rings (SSSR count). The molecule has 4 nitrogen and oxygen atoms in total. The molecule has 3 atom stereocenters. The van der Waals surface area contributed by atoms with Crippen LogP contribution in [0.2, 0.25) is 0 Å². The van der Waals surface area contributed by atoms with Crippen molar-refractivity contribution in [2.24, 2.45) is 0 Å². The molecule has 0 amide bonds. The molecule has 142 valence electrons. The number of ether oxygens (including phenoxy) is 2. The highest BCUT2D eigenvalue weighted by Gasteiger charge is 2.44. The minimum absolute atomic E-state index is 0.118. The number of methoxy groups -OCH3 is 1. The smallest absolute Gasteiger partial charge is 0.202 e. The zero-order valence-corrected chi connectivity index (χ0v) is 16.2. The van der Waals surface area contributed by atoms with Crippen LogP contribution in [0.4, 0.5) is 5.69 Å². The Hall–Kier alpha value is -2.20. The van der Waals surface area contributed by atoms with Crippen molar-refractivity contribution < 1.29 is 9.47 Å². The number of anilines is 1. The molecule has 2 fully saturated rings. The average molecular weight is 364 g/mol. The lowest BCUT2D eigenvalue weighted by Gasteiger charge is -2.50. The van der Waals surface area contributed by atoms with Crippen molar-refractivity contribution in [2.75, 3.05) is 19.1 Å². The van der Waals surface area contributed by atoms with Crippen molar-refractivity contribution in [3.63, 3.8) is 0 Å². The SMILES string of the molecule is COc1ccccc1C1Oc2ccccc2N1C1CC2CCCC(C1)N2C. The van der Waals surface area contributed by atoms with Crippen molar-refractivity contribution in [2.45, 2.75) is 56.5 Å². The standard InChI is InChI=1S/C23H28N2O2/c1-24-16-8-7-9-17(24)15-18(14-16)25-20-11-4-6-13-22(20)27-23(25)19-10-3-5-12-21(19)26-2/h3-6,10-13,16-18,23H,7-9,14-15H2,1-2H3. The predicted octanol–water partition coefficient (Wildman–Crippen LogP) is 4.61. The van der Waals surface area contributed by atoms with Gasteiger partial charge in [0.2, 0.25) is 6.23 Å². The first-order valence-corrected chi connectivity index (χ1v) is 10.1. The Morgan fingerprint density at radius 3 is 2.41 bits per heavy atom. The van der Waals surface area contributed by atoms with Crippen LogP contribution in [0.3, 0.4) is 0 Å². The molecule has 0 aromatic heterocycles. The Morgan fingerprint density at radius 2 is 1.63 bits per heavy atom. The lowest BCUT2D eigenvalue weighted by atomic mass is 9.81. The van der Waals surface area contributed by atoms with Gasteiger partial charge in [-0.05, 0) is 57.0 Å². The number of fused-ring (bicyclic) bond motifs is 3. The number of nitrogens with zero attached hydrogens (tertiary/aromatic N) is 2. The monoisotopic (exact) mass is 364 g/mol. The van der Waals surface area contributed by atoms with Crippen LogP contribution in [0.15, 0.2) is 48.5 Å². The van der Waals surface area contributed by atoms with Gasteiger partial charge in [0.15, 0.2) is 0 Å². The summed E-state index contributed by atoms with van der Waals surface area (Å²) in [5.41, 5.74) is 2.33. The van der Waals surface area contributed by atoms with Gasteiger partial charge in [0.05, 0.1) is 18.4 Å². The van der Waals surface area contributed by atoms with Crippen LogP contribution in [0, 0.1) is 0 Å². The van der Waals surface area contributed by atoms with E-state index in [9.17, 15) is 0 Å². The summed E-state index contributed by atoms with van der Waals surface area (Å²) in [5, 5.41) is 0. The number of rotatable bonds is 3. The van der Waals surface area contributed by atoms with Gasteiger partial charge in [-0.25, -0.2) is 0 Å². The molecular weight excluding hydrogens is 336 g/mol. The van der Waals surface area contributed by atoms with Gasteiger partial charge >= 0.3 is 0 Å². The number of piperidine rings is 2. The highest BCUT2D eigenvalue weighted by Crippen LogP contribution is 2.49. The molecule has 2 aromatic rings. The first-order valence-electron chi connectivity index (χ1n) is 10.1. The predicted molar refractivity (Wildman–Crippen MR) is 107 cm³/mol. The fraction of sp³-hybridized carbons (Fsp3) is 0.478. The molecule has 3 aliphatic heterocycles. The van der Waals surface area contributed by atoms with Gasteiger partial charge < -0.3 is 19.3 Å². The maximum Gasteiger partial charge on any atom is 0.202 e. The molecular formula is C23H28N2O2. The van der Waals surface area contributed by atoms with E-state index >= 15 is 0 Å². The number of benzene rings is 2. The van der Waals surface area contributed by atoms with Gasteiger partial charge in [0.1, 0.15) is 11.5 Å². The van der Waals surface area contributed by atoms with Crippen LogP contribution in [0.1, 0.15) is 43.9 Å². The third-order valence-corrected chi connectivity index (χ3v) is 6.75. The molecule has 0 spiro atoms. The maximum absolute atomic E-state index is 6.48. The third-order valence-electron chi connectivity index (χ3n) is 6.75. The molecule has 2 aromatic carbocycles. The van der Waals surface area contributed by atoms with Gasteiger partial charge in [-0.1, -0.05) is 30.7 Å². The maximum atomic E-state index is 6.48. The first kappa shape index (κ1) is 16.9. The quantitative estimate of drug-likeness (QED) is 0.794. The van der Waals surface area contributed by atoms with Gasteiger partial charge in [-0.3, -0.25) is 0 Å². The van der Waals surface area contributed by atoms with Crippen molar-refractivity contribution >= 4 is 5.69 Å². The fourth-order valence-electron chi connectivity index (χ4n) is 5.36. The van der Waals surface area contributed by atoms with Gasteiger partial charge in [-0.2, -0.15) is 0 Å². The molecule has 27 heavy (non-hydrogen) atoms. The zero-order valence-electron chi connectivity index (χ0n) is 16.2. The highest BCUT2D eigenvalue weighted by molar-refractivity contribution is 5.64. The lowest BCUT2D eigenvalue weighted by molar-refractivity contribution is 0.0480. The van der Waals surface area contributed by atoms with E-state index in [1.54, 1.807) is 7.11 Å². The van der Waals surface area contributed by atoms with Crippen LogP contribution >= 0.6 is 0 Å². The Morgan fingerprint density at radius 1 is 0.926 bits per heavy atom. The summed E-state index contributed by atoms with van der Waals surface area (Å²) < 4.78 is 12.2. The van der Waals surface area contributed by atoms with E-state index in [-0.39, 0.29) is 6.23 Å². The molecule has 4 heteroatoms. The summed E-state index contributed by atoms with van der Waals surface area (Å²) in [6.45, 7) is 0. The molecule has 3 aliphatic rings. The van der Waals surface area contributed by atoms with Crippen LogP contribution in [-0.2, 0) is 0 Å². The molecule has 0 saturated carbocycles. The second-order valence-corrected chi connectivity index (χ2v) is 8.12. The van der Waals surface area contributed by atoms with Gasteiger partial charge in [-0.15, -0.1) is 0 Å². The molecule has 0 radical (unpaired) electrons. The molecule has 3 unspecified atom stereocenters. The summed E-state index contributed by atoms with van der Waals surface area (Å²) >= 11 is 0. The summed E-state index contributed by atoms with van der Waals surface area (Å²) in [5.74, 6) is 1.88. The minimum atomic E-state index is -0.118. The van der Waals surface area contributed by atoms with Gasteiger partial charge in [0.25, 0.3) is 0 Å². The van der Waals surface area contributed by atoms with E-state index in [1.165, 1.54) is 37.8 Å². The van der Waals surface area contributed by atoms with E-state index in [0.717, 1.165) is 17.1 Å². The van der Waals surface area contributed by atoms with E-state index in [0.29, 0.717) is 18.1 Å². The highest BCUT2D eigenvalue weighted by atomic mass is 16.5. The number of hydrogen-bond acceptors (Lipinski definition) is 4. The Labute approximate surface area is 161 Å². The first-order chi connectivity index (χ1) is 13.3. The second kappa shape index (κ2) is 6.75. The third kappa shape index (κ3) is 2.78. The Bertz CT molecular complexity index is 810. The second-order valence-electron chi connectivity index (χ2n) is 8.12. The van der Waals surface area contributed by atoms with Crippen molar-refractivity contribution in [3.8, 4) is 11.5 Å².